The Hall–Kier alpha value is -0.640. The van der Waals surface area contributed by atoms with Crippen molar-refractivity contribution in [2.45, 2.75) is 6.42 Å². The van der Waals surface area contributed by atoms with E-state index in [-0.39, 0.29) is 6.61 Å². The zero-order valence-corrected chi connectivity index (χ0v) is 9.17. The molecule has 0 fully saturated rings. The molecule has 0 aliphatic carbocycles. The van der Waals surface area contributed by atoms with Crippen molar-refractivity contribution in [2.24, 2.45) is 0 Å². The van der Waals surface area contributed by atoms with Crippen LogP contribution in [0.15, 0.2) is 29.5 Å². The number of nitrogens with zero attached hydrogens (tertiary/aromatic N) is 1. The summed E-state index contributed by atoms with van der Waals surface area (Å²) in [5.74, 6) is 0. The van der Waals surface area contributed by atoms with Crippen molar-refractivity contribution >= 4 is 11.3 Å². The summed E-state index contributed by atoms with van der Waals surface area (Å²) in [6.45, 7) is 6.50. The minimum Gasteiger partial charge on any atom is -0.395 e. The summed E-state index contributed by atoms with van der Waals surface area (Å²) in [7, 11) is 0. The normalized spacial score (nSPS) is 10.7. The molecule has 1 rings (SSSR count). The van der Waals surface area contributed by atoms with Crippen LogP contribution in [0.25, 0.3) is 0 Å². The van der Waals surface area contributed by atoms with Crippen LogP contribution in [0.2, 0.25) is 0 Å². The third-order valence-electron chi connectivity index (χ3n) is 2.10. The molecule has 0 unspecified atom stereocenters. The Kier molecular flexibility index (Phi) is 5.52. The molecule has 0 radical (unpaired) electrons. The van der Waals surface area contributed by atoms with Gasteiger partial charge in [-0.25, -0.2) is 0 Å². The first-order valence-corrected chi connectivity index (χ1v) is 5.76. The van der Waals surface area contributed by atoms with E-state index in [2.05, 4.69) is 28.3 Å². The molecule has 0 spiro atoms. The predicted molar refractivity (Wildman–Crippen MR) is 61.7 cm³/mol. The lowest BCUT2D eigenvalue weighted by atomic mass is 10.2. The summed E-state index contributed by atoms with van der Waals surface area (Å²) in [6.07, 6.45) is 2.93. The predicted octanol–water partition coefficient (Wildman–Crippen LogP) is 1.77. The van der Waals surface area contributed by atoms with E-state index in [4.69, 9.17) is 5.11 Å². The molecule has 0 atom stereocenters. The fraction of sp³-hybridized carbons (Fsp3) is 0.455. The van der Waals surface area contributed by atoms with E-state index < -0.39 is 0 Å². The highest BCUT2D eigenvalue weighted by Crippen LogP contribution is 2.07. The molecule has 1 aromatic rings. The molecule has 3 heteroatoms. The molecule has 14 heavy (non-hydrogen) atoms. The third kappa shape index (κ3) is 4.05. The van der Waals surface area contributed by atoms with Crippen LogP contribution in [0, 0.1) is 0 Å². The maximum atomic E-state index is 8.85. The van der Waals surface area contributed by atoms with Crippen LogP contribution in [0.3, 0.4) is 0 Å². The van der Waals surface area contributed by atoms with Crippen LogP contribution in [0.4, 0.5) is 0 Å². The summed E-state index contributed by atoms with van der Waals surface area (Å²) in [4.78, 5) is 2.20. The Morgan fingerprint density at radius 3 is 2.93 bits per heavy atom. The second kappa shape index (κ2) is 6.76. The highest BCUT2D eigenvalue weighted by atomic mass is 32.1. The van der Waals surface area contributed by atoms with Crippen molar-refractivity contribution in [1.82, 2.24) is 4.90 Å². The van der Waals surface area contributed by atoms with Crippen molar-refractivity contribution in [2.75, 3.05) is 26.2 Å². The zero-order chi connectivity index (χ0) is 10.2. The fourth-order valence-electron chi connectivity index (χ4n) is 1.34. The van der Waals surface area contributed by atoms with Gasteiger partial charge in [0.2, 0.25) is 0 Å². The van der Waals surface area contributed by atoms with E-state index in [9.17, 15) is 0 Å². The number of hydrogen-bond donors (Lipinski definition) is 1. The molecule has 0 saturated carbocycles. The Balaban J connectivity index is 2.28. The largest absolute Gasteiger partial charge is 0.395 e. The molecule has 0 saturated heterocycles. The summed E-state index contributed by atoms with van der Waals surface area (Å²) in [5, 5.41) is 13.1. The second-order valence-electron chi connectivity index (χ2n) is 3.19. The van der Waals surface area contributed by atoms with Gasteiger partial charge in [0.05, 0.1) is 6.61 Å². The molecule has 1 N–H and O–H groups in total. The molecule has 0 bridgehead atoms. The standard InChI is InChI=1S/C11H17NOS/c1-2-5-12(7-8-13)6-3-11-4-9-14-10-11/h2,4,9-10,13H,1,3,5-8H2. The monoisotopic (exact) mass is 211 g/mol. The fourth-order valence-corrected chi connectivity index (χ4v) is 2.04. The first kappa shape index (κ1) is 11.4. The number of aliphatic hydroxyl groups excluding tert-OH is 1. The van der Waals surface area contributed by atoms with E-state index in [1.807, 2.05) is 6.08 Å². The van der Waals surface area contributed by atoms with Gasteiger partial charge >= 0.3 is 0 Å². The molecule has 1 aromatic heterocycles. The first-order valence-electron chi connectivity index (χ1n) is 4.82. The first-order chi connectivity index (χ1) is 6.86. The van der Waals surface area contributed by atoms with Crippen molar-refractivity contribution in [3.63, 3.8) is 0 Å². The zero-order valence-electron chi connectivity index (χ0n) is 8.35. The lowest BCUT2D eigenvalue weighted by molar-refractivity contribution is 0.210. The number of thiophene rings is 1. The third-order valence-corrected chi connectivity index (χ3v) is 2.83. The van der Waals surface area contributed by atoms with Gasteiger partial charge in [0, 0.05) is 19.6 Å². The van der Waals surface area contributed by atoms with E-state index in [1.54, 1.807) is 11.3 Å². The van der Waals surface area contributed by atoms with Gasteiger partial charge in [-0.15, -0.1) is 6.58 Å². The van der Waals surface area contributed by atoms with Crippen molar-refractivity contribution in [3.05, 3.63) is 35.0 Å². The van der Waals surface area contributed by atoms with Crippen molar-refractivity contribution in [3.8, 4) is 0 Å². The van der Waals surface area contributed by atoms with E-state index >= 15 is 0 Å². The van der Waals surface area contributed by atoms with Gasteiger partial charge < -0.3 is 5.11 Å². The number of hydrogen-bond acceptors (Lipinski definition) is 3. The van der Waals surface area contributed by atoms with Gasteiger partial charge in [0.25, 0.3) is 0 Å². The molecule has 2 nitrogen and oxygen atoms in total. The van der Waals surface area contributed by atoms with E-state index in [1.165, 1.54) is 5.56 Å². The van der Waals surface area contributed by atoms with Crippen LogP contribution in [-0.4, -0.2) is 36.2 Å². The molecule has 0 aliphatic heterocycles. The van der Waals surface area contributed by atoms with Crippen molar-refractivity contribution in [1.29, 1.82) is 0 Å². The molecule has 0 amide bonds. The smallest absolute Gasteiger partial charge is 0.0558 e. The summed E-state index contributed by atoms with van der Waals surface area (Å²) < 4.78 is 0. The Morgan fingerprint density at radius 1 is 1.50 bits per heavy atom. The molecular formula is C11H17NOS. The Morgan fingerprint density at radius 2 is 2.36 bits per heavy atom. The van der Waals surface area contributed by atoms with Crippen LogP contribution in [0.5, 0.6) is 0 Å². The Bertz CT molecular complexity index is 246. The SMILES string of the molecule is C=CCN(CCO)CCc1ccsc1. The van der Waals surface area contributed by atoms with Crippen LogP contribution in [0.1, 0.15) is 5.56 Å². The molecule has 78 valence electrons. The molecule has 0 aliphatic rings. The minimum absolute atomic E-state index is 0.220. The second-order valence-corrected chi connectivity index (χ2v) is 3.97. The lowest BCUT2D eigenvalue weighted by Gasteiger charge is -2.18. The Labute approximate surface area is 89.5 Å². The number of rotatable bonds is 7. The summed E-state index contributed by atoms with van der Waals surface area (Å²) >= 11 is 1.73. The highest BCUT2D eigenvalue weighted by molar-refractivity contribution is 7.07. The van der Waals surface area contributed by atoms with Gasteiger partial charge in [0.1, 0.15) is 0 Å². The topological polar surface area (TPSA) is 23.5 Å². The van der Waals surface area contributed by atoms with Gasteiger partial charge in [0.15, 0.2) is 0 Å². The van der Waals surface area contributed by atoms with Crippen LogP contribution < -0.4 is 0 Å². The lowest BCUT2D eigenvalue weighted by Crippen LogP contribution is -2.29. The molecule has 0 aromatic carbocycles. The maximum absolute atomic E-state index is 8.85. The average Bonchev–Trinajstić information content (AvgIpc) is 2.67. The van der Waals surface area contributed by atoms with Gasteiger partial charge in [-0.05, 0) is 28.8 Å². The van der Waals surface area contributed by atoms with Gasteiger partial charge in [-0.3, -0.25) is 4.90 Å². The van der Waals surface area contributed by atoms with Gasteiger partial charge in [-0.1, -0.05) is 6.08 Å². The minimum atomic E-state index is 0.220. The highest BCUT2D eigenvalue weighted by Gasteiger charge is 2.02. The summed E-state index contributed by atoms with van der Waals surface area (Å²) in [6, 6.07) is 2.15. The molecule has 1 heterocycles. The van der Waals surface area contributed by atoms with Crippen LogP contribution >= 0.6 is 11.3 Å². The maximum Gasteiger partial charge on any atom is 0.0558 e. The van der Waals surface area contributed by atoms with Gasteiger partial charge in [-0.2, -0.15) is 11.3 Å². The van der Waals surface area contributed by atoms with E-state index in [0.29, 0.717) is 0 Å². The number of aliphatic hydroxyl groups is 1. The molecular weight excluding hydrogens is 194 g/mol. The van der Waals surface area contributed by atoms with Crippen molar-refractivity contribution < 1.29 is 5.11 Å². The van der Waals surface area contributed by atoms with Crippen LogP contribution in [-0.2, 0) is 6.42 Å². The quantitative estimate of drug-likeness (QED) is 0.695. The summed E-state index contributed by atoms with van der Waals surface area (Å²) in [5.41, 5.74) is 1.38. The average molecular weight is 211 g/mol. The van der Waals surface area contributed by atoms with E-state index in [0.717, 1.165) is 26.1 Å².